The first kappa shape index (κ1) is 13.3. The monoisotopic (exact) mass is 240 g/mol. The van der Waals surface area contributed by atoms with Crippen molar-refractivity contribution >= 4 is 0 Å². The first-order valence-electron chi connectivity index (χ1n) is 7.12. The fraction of sp³-hybridized carbons (Fsp3) is 1.00. The van der Waals surface area contributed by atoms with Crippen molar-refractivity contribution in [3.05, 3.63) is 0 Å². The summed E-state index contributed by atoms with van der Waals surface area (Å²) < 4.78 is 5.66. The maximum Gasteiger partial charge on any atom is 0.0802 e. The number of nitrogens with one attached hydrogen (secondary N) is 1. The van der Waals surface area contributed by atoms with Gasteiger partial charge in [-0.1, -0.05) is 0 Å². The molecule has 2 rings (SSSR count). The SMILES string of the molecule is COC1(CNC(C)C2CCCN(C)C2)CCC1. The van der Waals surface area contributed by atoms with Crippen LogP contribution in [0.1, 0.15) is 39.0 Å². The highest BCUT2D eigenvalue weighted by Gasteiger charge is 2.37. The van der Waals surface area contributed by atoms with Gasteiger partial charge in [0.15, 0.2) is 0 Å². The molecule has 0 bridgehead atoms. The number of ether oxygens (including phenoxy) is 1. The molecule has 0 aromatic rings. The minimum atomic E-state index is 0.162. The van der Waals surface area contributed by atoms with E-state index >= 15 is 0 Å². The van der Waals surface area contributed by atoms with Gasteiger partial charge in [-0.05, 0) is 58.5 Å². The van der Waals surface area contributed by atoms with Gasteiger partial charge < -0.3 is 15.0 Å². The van der Waals surface area contributed by atoms with Gasteiger partial charge in [0.05, 0.1) is 5.60 Å². The van der Waals surface area contributed by atoms with Gasteiger partial charge in [0.2, 0.25) is 0 Å². The molecule has 1 saturated heterocycles. The molecule has 1 heterocycles. The van der Waals surface area contributed by atoms with Crippen LogP contribution in [0.3, 0.4) is 0 Å². The Balaban J connectivity index is 1.74. The minimum absolute atomic E-state index is 0.162. The molecule has 1 aliphatic carbocycles. The average Bonchev–Trinajstić information content (AvgIpc) is 2.28. The molecule has 2 fully saturated rings. The van der Waals surface area contributed by atoms with E-state index in [2.05, 4.69) is 24.2 Å². The fourth-order valence-electron chi connectivity index (χ4n) is 3.15. The second-order valence-electron chi connectivity index (χ2n) is 6.07. The third-order valence-corrected chi connectivity index (χ3v) is 4.81. The van der Waals surface area contributed by atoms with Crippen molar-refractivity contribution in [3.8, 4) is 0 Å². The highest BCUT2D eigenvalue weighted by Crippen LogP contribution is 2.34. The summed E-state index contributed by atoms with van der Waals surface area (Å²) in [5, 5.41) is 3.71. The molecule has 0 amide bonds. The lowest BCUT2D eigenvalue weighted by Gasteiger charge is -2.42. The predicted octanol–water partition coefficient (Wildman–Crippen LogP) is 1.88. The van der Waals surface area contributed by atoms with Gasteiger partial charge in [0.25, 0.3) is 0 Å². The molecular weight excluding hydrogens is 212 g/mol. The van der Waals surface area contributed by atoms with E-state index in [0.717, 1.165) is 12.5 Å². The summed E-state index contributed by atoms with van der Waals surface area (Å²) >= 11 is 0. The van der Waals surface area contributed by atoms with E-state index < -0.39 is 0 Å². The quantitative estimate of drug-likeness (QED) is 0.794. The van der Waals surface area contributed by atoms with E-state index in [9.17, 15) is 0 Å². The topological polar surface area (TPSA) is 24.5 Å². The summed E-state index contributed by atoms with van der Waals surface area (Å²) in [5.74, 6) is 0.808. The van der Waals surface area contributed by atoms with Crippen LogP contribution < -0.4 is 5.32 Å². The lowest BCUT2D eigenvalue weighted by molar-refractivity contribution is -0.0718. The normalized spacial score (nSPS) is 30.9. The number of likely N-dealkylation sites (tertiary alicyclic amines) is 1. The van der Waals surface area contributed by atoms with Gasteiger partial charge in [-0.25, -0.2) is 0 Å². The molecule has 1 N–H and O–H groups in total. The predicted molar refractivity (Wildman–Crippen MR) is 71.3 cm³/mol. The smallest absolute Gasteiger partial charge is 0.0802 e. The van der Waals surface area contributed by atoms with Gasteiger partial charge in [-0.3, -0.25) is 0 Å². The molecule has 3 nitrogen and oxygen atoms in total. The molecule has 0 aromatic carbocycles. The fourth-order valence-corrected chi connectivity index (χ4v) is 3.15. The third-order valence-electron chi connectivity index (χ3n) is 4.81. The van der Waals surface area contributed by atoms with E-state index in [1.54, 1.807) is 0 Å². The van der Waals surface area contributed by atoms with Crippen LogP contribution in [0, 0.1) is 5.92 Å². The van der Waals surface area contributed by atoms with Gasteiger partial charge in [-0.2, -0.15) is 0 Å². The van der Waals surface area contributed by atoms with E-state index in [0.29, 0.717) is 6.04 Å². The second kappa shape index (κ2) is 5.68. The van der Waals surface area contributed by atoms with Crippen molar-refractivity contribution in [2.75, 3.05) is 33.8 Å². The van der Waals surface area contributed by atoms with Crippen LogP contribution >= 0.6 is 0 Å². The molecule has 0 aromatic heterocycles. The van der Waals surface area contributed by atoms with Crippen molar-refractivity contribution in [3.63, 3.8) is 0 Å². The summed E-state index contributed by atoms with van der Waals surface area (Å²) in [6.07, 6.45) is 6.51. The number of hydrogen-bond donors (Lipinski definition) is 1. The van der Waals surface area contributed by atoms with Crippen LogP contribution in [0.25, 0.3) is 0 Å². The zero-order valence-corrected chi connectivity index (χ0v) is 11.7. The summed E-state index contributed by atoms with van der Waals surface area (Å²) in [6, 6.07) is 0.616. The van der Waals surface area contributed by atoms with E-state index in [1.165, 1.54) is 45.2 Å². The first-order chi connectivity index (χ1) is 8.15. The Morgan fingerprint density at radius 1 is 1.41 bits per heavy atom. The van der Waals surface area contributed by atoms with Crippen molar-refractivity contribution in [2.24, 2.45) is 5.92 Å². The number of piperidine rings is 1. The van der Waals surface area contributed by atoms with Crippen LogP contribution in [0.4, 0.5) is 0 Å². The molecule has 0 radical (unpaired) electrons. The van der Waals surface area contributed by atoms with E-state index in [-0.39, 0.29) is 5.60 Å². The lowest BCUT2D eigenvalue weighted by Crippen LogP contribution is -2.52. The Hall–Kier alpha value is -0.120. The maximum absolute atomic E-state index is 5.66. The summed E-state index contributed by atoms with van der Waals surface area (Å²) in [7, 11) is 4.10. The highest BCUT2D eigenvalue weighted by molar-refractivity contribution is 4.93. The maximum atomic E-state index is 5.66. The molecule has 2 atom stereocenters. The molecule has 2 unspecified atom stereocenters. The molecule has 1 saturated carbocycles. The molecule has 2 aliphatic rings. The Bertz CT molecular complexity index is 235. The van der Waals surface area contributed by atoms with Crippen molar-refractivity contribution < 1.29 is 4.74 Å². The zero-order valence-electron chi connectivity index (χ0n) is 11.7. The molecular formula is C14H28N2O. The van der Waals surface area contributed by atoms with Crippen LogP contribution in [-0.2, 0) is 4.74 Å². The van der Waals surface area contributed by atoms with E-state index in [4.69, 9.17) is 4.74 Å². The molecule has 0 spiro atoms. The summed E-state index contributed by atoms with van der Waals surface area (Å²) in [5.41, 5.74) is 0.162. The largest absolute Gasteiger partial charge is 0.377 e. The lowest BCUT2D eigenvalue weighted by atomic mass is 9.79. The van der Waals surface area contributed by atoms with Crippen LogP contribution in [0.15, 0.2) is 0 Å². The second-order valence-corrected chi connectivity index (χ2v) is 6.07. The minimum Gasteiger partial charge on any atom is -0.377 e. The molecule has 100 valence electrons. The van der Waals surface area contributed by atoms with Gasteiger partial charge in [-0.15, -0.1) is 0 Å². The Morgan fingerprint density at radius 3 is 2.71 bits per heavy atom. The summed E-state index contributed by atoms with van der Waals surface area (Å²) in [6.45, 7) is 5.89. The van der Waals surface area contributed by atoms with Crippen molar-refractivity contribution in [1.82, 2.24) is 10.2 Å². The zero-order chi connectivity index (χ0) is 12.3. The number of hydrogen-bond acceptors (Lipinski definition) is 3. The van der Waals surface area contributed by atoms with Gasteiger partial charge in [0.1, 0.15) is 0 Å². The van der Waals surface area contributed by atoms with E-state index in [1.807, 2.05) is 7.11 Å². The number of nitrogens with zero attached hydrogens (tertiary/aromatic N) is 1. The van der Waals surface area contributed by atoms with Crippen LogP contribution in [0.5, 0.6) is 0 Å². The van der Waals surface area contributed by atoms with Crippen molar-refractivity contribution in [1.29, 1.82) is 0 Å². The Kier molecular flexibility index (Phi) is 4.45. The van der Waals surface area contributed by atoms with Crippen molar-refractivity contribution in [2.45, 2.75) is 50.7 Å². The Labute approximate surface area is 106 Å². The molecule has 17 heavy (non-hydrogen) atoms. The number of methoxy groups -OCH3 is 1. The first-order valence-corrected chi connectivity index (χ1v) is 7.12. The highest BCUT2D eigenvalue weighted by atomic mass is 16.5. The van der Waals surface area contributed by atoms with Gasteiger partial charge in [0, 0.05) is 26.2 Å². The third kappa shape index (κ3) is 3.21. The molecule has 1 aliphatic heterocycles. The average molecular weight is 240 g/mol. The van der Waals surface area contributed by atoms with Gasteiger partial charge >= 0.3 is 0 Å². The summed E-state index contributed by atoms with van der Waals surface area (Å²) in [4.78, 5) is 2.46. The molecule has 3 heteroatoms. The van der Waals surface area contributed by atoms with Crippen LogP contribution in [-0.4, -0.2) is 50.3 Å². The standard InChI is InChI=1S/C14H28N2O/c1-12(13-6-4-9-16(2)10-13)15-11-14(17-3)7-5-8-14/h12-13,15H,4-11H2,1-3H3. The van der Waals surface area contributed by atoms with Crippen LogP contribution in [0.2, 0.25) is 0 Å². The Morgan fingerprint density at radius 2 is 2.18 bits per heavy atom. The number of rotatable bonds is 5.